The minimum absolute atomic E-state index is 0.822. The Morgan fingerprint density at radius 3 is 2.52 bits per heavy atom. The largest absolute Gasteiger partial charge is 0.381 e. The highest BCUT2D eigenvalue weighted by Crippen LogP contribution is 2.20. The van der Waals surface area contributed by atoms with E-state index in [1.165, 1.54) is 11.3 Å². The lowest BCUT2D eigenvalue weighted by Gasteiger charge is -2.28. The monoisotopic (exact) mass is 346 g/mol. The van der Waals surface area contributed by atoms with Gasteiger partial charge in [-0.2, -0.15) is 0 Å². The Bertz CT molecular complexity index is 580. The molecule has 1 aliphatic heterocycles. The van der Waals surface area contributed by atoms with E-state index in [4.69, 9.17) is 4.74 Å². The van der Waals surface area contributed by atoms with E-state index in [2.05, 4.69) is 68.6 Å². The molecule has 1 fully saturated rings. The fraction of sp³-hybridized carbons (Fsp3) is 0.294. The molecule has 1 heterocycles. The summed E-state index contributed by atoms with van der Waals surface area (Å²) in [6, 6.07) is 17.0. The minimum atomic E-state index is 0.822. The molecule has 110 valence electrons. The van der Waals surface area contributed by atoms with Crippen LogP contribution in [0.4, 0.5) is 11.4 Å². The lowest BCUT2D eigenvalue weighted by atomic mass is 10.2. The summed E-state index contributed by atoms with van der Waals surface area (Å²) in [6.45, 7) is 4.43. The lowest BCUT2D eigenvalue weighted by Crippen LogP contribution is -2.36. The third-order valence-electron chi connectivity index (χ3n) is 3.63. The molecule has 2 aromatic rings. The van der Waals surface area contributed by atoms with E-state index in [0.29, 0.717) is 0 Å². The predicted molar refractivity (Wildman–Crippen MR) is 90.9 cm³/mol. The van der Waals surface area contributed by atoms with E-state index in [1.807, 2.05) is 6.07 Å². The molecule has 0 bridgehead atoms. The summed E-state index contributed by atoms with van der Waals surface area (Å²) < 4.78 is 6.50. The molecule has 0 aromatic heterocycles. The second kappa shape index (κ2) is 6.96. The van der Waals surface area contributed by atoms with E-state index < -0.39 is 0 Å². The molecule has 0 aliphatic carbocycles. The molecule has 1 aliphatic rings. The van der Waals surface area contributed by atoms with Crippen LogP contribution >= 0.6 is 15.9 Å². The maximum atomic E-state index is 5.38. The van der Waals surface area contributed by atoms with Crippen LogP contribution in [-0.2, 0) is 11.3 Å². The summed E-state index contributed by atoms with van der Waals surface area (Å²) in [5, 5.41) is 3.45. The molecular formula is C17H19BrN2O. The first-order valence-corrected chi connectivity index (χ1v) is 8.02. The Labute approximate surface area is 134 Å². The first-order chi connectivity index (χ1) is 10.3. The van der Waals surface area contributed by atoms with Crippen molar-refractivity contribution < 1.29 is 4.74 Å². The van der Waals surface area contributed by atoms with Crippen LogP contribution in [0.3, 0.4) is 0 Å². The molecule has 2 aromatic carbocycles. The fourth-order valence-electron chi connectivity index (χ4n) is 2.46. The van der Waals surface area contributed by atoms with Gasteiger partial charge in [-0.25, -0.2) is 0 Å². The van der Waals surface area contributed by atoms with Gasteiger partial charge in [-0.1, -0.05) is 28.1 Å². The van der Waals surface area contributed by atoms with Crippen molar-refractivity contribution in [2.45, 2.75) is 6.54 Å². The van der Waals surface area contributed by atoms with Gasteiger partial charge in [0, 0.05) is 35.5 Å². The molecule has 4 heteroatoms. The van der Waals surface area contributed by atoms with Gasteiger partial charge in [0.1, 0.15) is 0 Å². The van der Waals surface area contributed by atoms with Gasteiger partial charge >= 0.3 is 0 Å². The van der Waals surface area contributed by atoms with Crippen molar-refractivity contribution in [2.24, 2.45) is 0 Å². The van der Waals surface area contributed by atoms with Crippen molar-refractivity contribution >= 4 is 27.3 Å². The Balaban J connectivity index is 1.59. The topological polar surface area (TPSA) is 24.5 Å². The van der Waals surface area contributed by atoms with Crippen LogP contribution in [-0.4, -0.2) is 26.3 Å². The van der Waals surface area contributed by atoms with Gasteiger partial charge in [-0.15, -0.1) is 0 Å². The molecular weight excluding hydrogens is 328 g/mol. The molecule has 0 spiro atoms. The normalized spacial score (nSPS) is 15.0. The molecule has 0 radical (unpaired) electrons. The lowest BCUT2D eigenvalue weighted by molar-refractivity contribution is 0.122. The average molecular weight is 347 g/mol. The van der Waals surface area contributed by atoms with E-state index in [-0.39, 0.29) is 0 Å². The maximum Gasteiger partial charge on any atom is 0.0642 e. The number of benzene rings is 2. The zero-order valence-corrected chi connectivity index (χ0v) is 13.5. The minimum Gasteiger partial charge on any atom is -0.381 e. The Morgan fingerprint density at radius 1 is 1.05 bits per heavy atom. The van der Waals surface area contributed by atoms with Crippen LogP contribution in [0.5, 0.6) is 0 Å². The summed E-state index contributed by atoms with van der Waals surface area (Å²) in [4.78, 5) is 2.36. The van der Waals surface area contributed by atoms with Crippen LogP contribution in [0.1, 0.15) is 5.56 Å². The Morgan fingerprint density at radius 2 is 1.81 bits per heavy atom. The van der Waals surface area contributed by atoms with Gasteiger partial charge in [0.05, 0.1) is 13.2 Å². The third-order valence-corrected chi connectivity index (χ3v) is 4.12. The molecule has 21 heavy (non-hydrogen) atoms. The van der Waals surface area contributed by atoms with Crippen LogP contribution in [0.25, 0.3) is 0 Å². The molecule has 1 saturated heterocycles. The zero-order valence-electron chi connectivity index (χ0n) is 11.9. The number of anilines is 2. The van der Waals surface area contributed by atoms with Crippen LogP contribution in [0.2, 0.25) is 0 Å². The van der Waals surface area contributed by atoms with Crippen LogP contribution in [0.15, 0.2) is 53.0 Å². The smallest absolute Gasteiger partial charge is 0.0642 e. The predicted octanol–water partition coefficient (Wildman–Crippen LogP) is 3.90. The number of hydrogen-bond donors (Lipinski definition) is 1. The number of nitrogens with one attached hydrogen (secondary N) is 1. The molecule has 0 saturated carbocycles. The molecule has 3 rings (SSSR count). The van der Waals surface area contributed by atoms with Crippen molar-refractivity contribution in [3.05, 3.63) is 58.6 Å². The van der Waals surface area contributed by atoms with Gasteiger partial charge in [0.2, 0.25) is 0 Å². The van der Waals surface area contributed by atoms with Gasteiger partial charge in [0.25, 0.3) is 0 Å². The number of ether oxygens (including phenoxy) is 1. The van der Waals surface area contributed by atoms with Crippen molar-refractivity contribution in [1.29, 1.82) is 0 Å². The first-order valence-electron chi connectivity index (χ1n) is 7.22. The van der Waals surface area contributed by atoms with Crippen molar-refractivity contribution in [3.63, 3.8) is 0 Å². The highest BCUT2D eigenvalue weighted by Gasteiger charge is 2.10. The summed E-state index contributed by atoms with van der Waals surface area (Å²) in [5.41, 5.74) is 3.68. The van der Waals surface area contributed by atoms with Crippen molar-refractivity contribution in [2.75, 3.05) is 36.5 Å². The van der Waals surface area contributed by atoms with Gasteiger partial charge in [-0.3, -0.25) is 0 Å². The highest BCUT2D eigenvalue weighted by atomic mass is 79.9. The molecule has 0 unspecified atom stereocenters. The van der Waals surface area contributed by atoms with Gasteiger partial charge < -0.3 is 15.0 Å². The standard InChI is InChI=1S/C17H19BrN2O/c18-15-3-1-2-14(12-15)13-19-16-4-6-17(7-5-16)20-8-10-21-11-9-20/h1-7,12,19H,8-11,13H2. The van der Waals surface area contributed by atoms with Crippen LogP contribution in [0, 0.1) is 0 Å². The summed E-state index contributed by atoms with van der Waals surface area (Å²) >= 11 is 3.50. The maximum absolute atomic E-state index is 5.38. The summed E-state index contributed by atoms with van der Waals surface area (Å²) in [7, 11) is 0. The molecule has 1 N–H and O–H groups in total. The van der Waals surface area contributed by atoms with Gasteiger partial charge in [0.15, 0.2) is 0 Å². The molecule has 3 nitrogen and oxygen atoms in total. The number of hydrogen-bond acceptors (Lipinski definition) is 3. The number of nitrogens with zero attached hydrogens (tertiary/aromatic N) is 1. The summed E-state index contributed by atoms with van der Waals surface area (Å²) in [6.07, 6.45) is 0. The number of halogens is 1. The van der Waals surface area contributed by atoms with E-state index in [9.17, 15) is 0 Å². The number of rotatable bonds is 4. The summed E-state index contributed by atoms with van der Waals surface area (Å²) in [5.74, 6) is 0. The molecule has 0 amide bonds. The second-order valence-electron chi connectivity index (χ2n) is 5.13. The van der Waals surface area contributed by atoms with Gasteiger partial charge in [-0.05, 0) is 42.0 Å². The second-order valence-corrected chi connectivity index (χ2v) is 6.05. The Kier molecular flexibility index (Phi) is 4.78. The van der Waals surface area contributed by atoms with E-state index in [1.54, 1.807) is 0 Å². The van der Waals surface area contributed by atoms with Crippen molar-refractivity contribution in [1.82, 2.24) is 0 Å². The van der Waals surface area contributed by atoms with E-state index >= 15 is 0 Å². The quantitative estimate of drug-likeness (QED) is 0.908. The Hall–Kier alpha value is -1.52. The number of morpholine rings is 1. The van der Waals surface area contributed by atoms with Crippen molar-refractivity contribution in [3.8, 4) is 0 Å². The van der Waals surface area contributed by atoms with E-state index in [0.717, 1.165) is 43.0 Å². The third kappa shape index (κ3) is 3.99. The highest BCUT2D eigenvalue weighted by molar-refractivity contribution is 9.10. The van der Waals surface area contributed by atoms with Crippen LogP contribution < -0.4 is 10.2 Å². The average Bonchev–Trinajstić information content (AvgIpc) is 2.54. The first kappa shape index (κ1) is 14.4. The fourth-order valence-corrected chi connectivity index (χ4v) is 2.91. The SMILES string of the molecule is Brc1cccc(CNc2ccc(N3CCOCC3)cc2)c1. The zero-order chi connectivity index (χ0) is 14.5. The molecule has 0 atom stereocenters.